The van der Waals surface area contributed by atoms with E-state index in [1.54, 1.807) is 18.3 Å². The minimum Gasteiger partial charge on any atom is -0.495 e. The van der Waals surface area contributed by atoms with E-state index in [9.17, 15) is 13.2 Å². The summed E-state index contributed by atoms with van der Waals surface area (Å²) in [5, 5.41) is 7.88. The van der Waals surface area contributed by atoms with Crippen LogP contribution >= 0.6 is 23.2 Å². The number of pyridine rings is 1. The van der Waals surface area contributed by atoms with Gasteiger partial charge in [-0.05, 0) is 48.9 Å². The molecule has 11 heteroatoms. The summed E-state index contributed by atoms with van der Waals surface area (Å²) < 4.78 is 31.8. The van der Waals surface area contributed by atoms with Crippen molar-refractivity contribution in [2.24, 2.45) is 0 Å². The number of aromatic nitrogens is 1. The Bertz CT molecular complexity index is 1250. The third-order valence-corrected chi connectivity index (χ3v) is 7.17. The molecule has 2 N–H and O–H groups in total. The number of ether oxygens (including phenoxy) is 1. The van der Waals surface area contributed by atoms with E-state index in [1.165, 1.54) is 32.4 Å². The number of hydrogen-bond donors (Lipinski definition) is 2. The second-order valence-corrected chi connectivity index (χ2v) is 10.1. The molecule has 0 aliphatic rings. The Kier molecular flexibility index (Phi) is 8.36. The molecule has 0 saturated carbocycles. The van der Waals surface area contributed by atoms with Gasteiger partial charge in [-0.15, -0.1) is 0 Å². The normalized spacial score (nSPS) is 11.5. The van der Waals surface area contributed by atoms with Gasteiger partial charge in [-0.1, -0.05) is 23.2 Å². The largest absolute Gasteiger partial charge is 0.495 e. The van der Waals surface area contributed by atoms with Crippen molar-refractivity contribution in [3.05, 3.63) is 58.7 Å². The third-order valence-electron chi connectivity index (χ3n) is 4.88. The predicted octanol–water partition coefficient (Wildman–Crippen LogP) is 3.79. The number of methoxy groups -OCH3 is 1. The highest BCUT2D eigenvalue weighted by Crippen LogP contribution is 2.29. The lowest BCUT2D eigenvalue weighted by molar-refractivity contribution is -0.121. The molecule has 33 heavy (non-hydrogen) atoms. The molecule has 0 radical (unpaired) electrons. The van der Waals surface area contributed by atoms with Crippen LogP contribution in [0.25, 0.3) is 10.9 Å². The van der Waals surface area contributed by atoms with E-state index in [4.69, 9.17) is 27.9 Å². The fourth-order valence-electron chi connectivity index (χ4n) is 3.18. The Hall–Kier alpha value is -2.59. The van der Waals surface area contributed by atoms with E-state index in [0.717, 1.165) is 20.9 Å². The zero-order chi connectivity index (χ0) is 24.0. The first-order valence-corrected chi connectivity index (χ1v) is 12.3. The maximum Gasteiger partial charge on any atom is 0.247 e. The van der Waals surface area contributed by atoms with Gasteiger partial charge in [-0.25, -0.2) is 8.42 Å². The lowest BCUT2D eigenvalue weighted by atomic mass is 10.2. The maximum absolute atomic E-state index is 12.8. The van der Waals surface area contributed by atoms with Gasteiger partial charge in [0.2, 0.25) is 15.9 Å². The highest BCUT2D eigenvalue weighted by atomic mass is 35.5. The lowest BCUT2D eigenvalue weighted by Gasteiger charge is -2.18. The summed E-state index contributed by atoms with van der Waals surface area (Å²) in [7, 11) is -1.26. The number of nitrogens with zero attached hydrogens (tertiary/aromatic N) is 2. The molecule has 0 fully saturated rings. The van der Waals surface area contributed by atoms with Crippen molar-refractivity contribution in [2.45, 2.75) is 11.3 Å². The predicted molar refractivity (Wildman–Crippen MR) is 131 cm³/mol. The Morgan fingerprint density at radius 2 is 1.82 bits per heavy atom. The minimum atomic E-state index is -3.96. The minimum absolute atomic E-state index is 0.0946. The van der Waals surface area contributed by atoms with Gasteiger partial charge >= 0.3 is 0 Å². The fraction of sp³-hybridized carbons (Fsp3) is 0.273. The van der Waals surface area contributed by atoms with Crippen molar-refractivity contribution in [3.8, 4) is 5.75 Å². The van der Waals surface area contributed by atoms with Gasteiger partial charge in [0.15, 0.2) is 0 Å². The quantitative estimate of drug-likeness (QED) is 0.402. The molecule has 0 atom stereocenters. The summed E-state index contributed by atoms with van der Waals surface area (Å²) >= 11 is 12.0. The Morgan fingerprint density at radius 3 is 2.58 bits per heavy atom. The molecule has 0 saturated heterocycles. The molecule has 1 heterocycles. The van der Waals surface area contributed by atoms with Gasteiger partial charge in [0, 0.05) is 47.5 Å². The first-order chi connectivity index (χ1) is 15.7. The van der Waals surface area contributed by atoms with Crippen molar-refractivity contribution in [1.82, 2.24) is 14.6 Å². The highest BCUT2D eigenvalue weighted by Gasteiger charge is 2.26. The molecular weight excluding hydrogens is 487 g/mol. The Morgan fingerprint density at radius 1 is 1.09 bits per heavy atom. The number of benzene rings is 2. The number of carbonyl (C=O) groups is 1. The zero-order valence-corrected chi connectivity index (χ0v) is 20.5. The smallest absolute Gasteiger partial charge is 0.247 e. The number of likely N-dealkylation sites (N-methyl/N-ethyl adjacent to an activating group) is 1. The lowest BCUT2D eigenvalue weighted by Crippen LogP contribution is -2.39. The monoisotopic (exact) mass is 510 g/mol. The van der Waals surface area contributed by atoms with E-state index in [-0.39, 0.29) is 22.2 Å². The van der Waals surface area contributed by atoms with Crippen molar-refractivity contribution in [3.63, 3.8) is 0 Å². The van der Waals surface area contributed by atoms with Gasteiger partial charge in [0.05, 0.1) is 19.2 Å². The van der Waals surface area contributed by atoms with Gasteiger partial charge < -0.3 is 15.4 Å². The first kappa shape index (κ1) is 25.0. The van der Waals surface area contributed by atoms with Crippen LogP contribution in [0.15, 0.2) is 53.6 Å². The van der Waals surface area contributed by atoms with Crippen LogP contribution in [0.1, 0.15) is 6.42 Å². The summed E-state index contributed by atoms with van der Waals surface area (Å²) in [5.74, 6) is -0.255. The van der Waals surface area contributed by atoms with Crippen LogP contribution in [0, 0.1) is 0 Å². The van der Waals surface area contributed by atoms with Crippen molar-refractivity contribution in [2.75, 3.05) is 39.1 Å². The molecule has 0 bridgehead atoms. The molecule has 0 spiro atoms. The number of fused-ring (bicyclic) bond motifs is 1. The van der Waals surface area contributed by atoms with Crippen LogP contribution in [-0.4, -0.2) is 57.4 Å². The van der Waals surface area contributed by atoms with Crippen LogP contribution in [0.5, 0.6) is 5.75 Å². The molecular formula is C22H24Cl2N4O4S. The summed E-state index contributed by atoms with van der Waals surface area (Å²) in [4.78, 5) is 16.5. The number of halogens is 2. The number of amides is 1. The van der Waals surface area contributed by atoms with Crippen molar-refractivity contribution < 1.29 is 17.9 Å². The summed E-state index contributed by atoms with van der Waals surface area (Å²) in [5.41, 5.74) is 1.71. The highest BCUT2D eigenvalue weighted by molar-refractivity contribution is 7.89. The molecule has 0 aliphatic heterocycles. The van der Waals surface area contributed by atoms with E-state index in [2.05, 4.69) is 15.6 Å². The summed E-state index contributed by atoms with van der Waals surface area (Å²) in [6.45, 7) is 0.659. The van der Waals surface area contributed by atoms with E-state index >= 15 is 0 Å². The number of anilines is 1. The molecule has 8 nitrogen and oxygen atoms in total. The SMILES string of the molecule is COc1ccc(Cl)cc1S(=O)(=O)N(C)CC(=O)NCCCNc1ccnc2cc(Cl)ccc12. The van der Waals surface area contributed by atoms with E-state index in [0.29, 0.717) is 24.5 Å². The van der Waals surface area contributed by atoms with Gasteiger partial charge in [-0.3, -0.25) is 9.78 Å². The topological polar surface area (TPSA) is 101 Å². The summed E-state index contributed by atoms with van der Waals surface area (Å²) in [6, 6.07) is 11.7. The number of nitrogens with one attached hydrogen (secondary N) is 2. The van der Waals surface area contributed by atoms with E-state index in [1.807, 2.05) is 12.1 Å². The van der Waals surface area contributed by atoms with Crippen LogP contribution in [-0.2, 0) is 14.8 Å². The maximum atomic E-state index is 12.8. The van der Waals surface area contributed by atoms with Gasteiger partial charge in [-0.2, -0.15) is 4.31 Å². The Balaban J connectivity index is 1.49. The fourth-order valence-corrected chi connectivity index (χ4v) is 4.89. The van der Waals surface area contributed by atoms with E-state index < -0.39 is 15.9 Å². The third kappa shape index (κ3) is 6.26. The molecule has 3 aromatic rings. The van der Waals surface area contributed by atoms with Crippen LogP contribution in [0.2, 0.25) is 10.0 Å². The number of carbonyl (C=O) groups excluding carboxylic acids is 1. The molecule has 0 aliphatic carbocycles. The van der Waals surface area contributed by atoms with Crippen LogP contribution < -0.4 is 15.4 Å². The second-order valence-electron chi connectivity index (χ2n) is 7.21. The van der Waals surface area contributed by atoms with Crippen molar-refractivity contribution in [1.29, 1.82) is 0 Å². The average molecular weight is 511 g/mol. The number of rotatable bonds is 10. The summed E-state index contributed by atoms with van der Waals surface area (Å²) in [6.07, 6.45) is 2.34. The number of sulfonamides is 1. The average Bonchev–Trinajstić information content (AvgIpc) is 2.78. The van der Waals surface area contributed by atoms with Crippen LogP contribution in [0.4, 0.5) is 5.69 Å². The van der Waals surface area contributed by atoms with Crippen molar-refractivity contribution >= 4 is 55.7 Å². The standard InChI is InChI=1S/C22H24Cl2N4O4S/c1-28(33(30,31)21-13-16(24)5-7-20(21)32-2)14-22(29)27-10-3-9-25-18-8-11-26-19-12-15(23)4-6-17(18)19/h4-8,11-13H,3,9-10,14H2,1-2H3,(H,25,26)(H,27,29). The van der Waals surface area contributed by atoms with Gasteiger partial charge in [0.1, 0.15) is 10.6 Å². The molecule has 176 valence electrons. The molecule has 3 rings (SSSR count). The van der Waals surface area contributed by atoms with Gasteiger partial charge in [0.25, 0.3) is 0 Å². The molecule has 1 aromatic heterocycles. The molecule has 0 unspecified atom stereocenters. The molecule has 2 aromatic carbocycles. The zero-order valence-electron chi connectivity index (χ0n) is 18.1. The number of hydrogen-bond acceptors (Lipinski definition) is 6. The van der Waals surface area contributed by atoms with Crippen LogP contribution in [0.3, 0.4) is 0 Å². The Labute approximate surface area is 202 Å². The molecule has 1 amide bonds. The second kappa shape index (κ2) is 11.0. The first-order valence-electron chi connectivity index (χ1n) is 10.1.